The number of halogens is 2. The normalized spacial score (nSPS) is 12.0. The molecule has 1 unspecified atom stereocenters. The summed E-state index contributed by atoms with van der Waals surface area (Å²) in [4.78, 5) is 27.2. The predicted molar refractivity (Wildman–Crippen MR) is 133 cm³/mol. The fourth-order valence-corrected chi connectivity index (χ4v) is 5.21. The van der Waals surface area contributed by atoms with Crippen molar-refractivity contribution in [2.24, 2.45) is 0 Å². The highest BCUT2D eigenvalue weighted by Gasteiger charge is 2.33. The summed E-state index contributed by atoms with van der Waals surface area (Å²) in [5, 5.41) is 2.64. The number of hydrogen-bond donors (Lipinski definition) is 1. The minimum Gasteiger partial charge on any atom is -0.357 e. The Hall–Kier alpha value is -3.43. The third-order valence-electron chi connectivity index (χ3n) is 5.41. The fourth-order valence-electron chi connectivity index (χ4n) is 3.47. The Morgan fingerprint density at radius 1 is 0.971 bits per heavy atom. The van der Waals surface area contributed by atoms with E-state index in [1.165, 1.54) is 67.4 Å². The maximum absolute atomic E-state index is 13.6. The predicted octanol–water partition coefficient (Wildman–Crippen LogP) is 3.84. The summed E-state index contributed by atoms with van der Waals surface area (Å²) in [6, 6.07) is 18.5. The number of nitrogens with zero attached hydrogens (tertiary/aromatic N) is 2. The number of carbonyl (C=O) groups excluding carboxylic acids is 2. The lowest BCUT2D eigenvalue weighted by Crippen LogP contribution is -2.50. The minimum atomic E-state index is -4.18. The van der Waals surface area contributed by atoms with Crippen molar-refractivity contribution in [2.75, 3.05) is 17.9 Å². The molecule has 0 aliphatic heterocycles. The van der Waals surface area contributed by atoms with Crippen LogP contribution in [-0.4, -0.2) is 44.8 Å². The number of amides is 2. The standard InChI is InChI=1S/C25H25ClFN3O4S/c1-18(25(32)28-2)29(16-19-12-14-20(27)15-13-19)24(31)17-30(23-11-7-6-10-22(23)26)35(33,34)21-8-4-3-5-9-21/h3-15,18H,16-17H2,1-2H3,(H,28,32). The Morgan fingerprint density at radius 2 is 1.57 bits per heavy atom. The zero-order chi connectivity index (χ0) is 25.6. The first-order valence-electron chi connectivity index (χ1n) is 10.7. The number of sulfonamides is 1. The summed E-state index contributed by atoms with van der Waals surface area (Å²) in [6.07, 6.45) is 0. The molecule has 0 fully saturated rings. The second-order valence-corrected chi connectivity index (χ2v) is 9.98. The quantitative estimate of drug-likeness (QED) is 0.467. The number of likely N-dealkylation sites (N-methyl/N-ethyl adjacent to an activating group) is 1. The van der Waals surface area contributed by atoms with Crippen LogP contribution in [0.25, 0.3) is 0 Å². The van der Waals surface area contributed by atoms with Crippen molar-refractivity contribution < 1.29 is 22.4 Å². The summed E-state index contributed by atoms with van der Waals surface area (Å²) in [5.74, 6) is -1.51. The number of anilines is 1. The molecule has 0 aliphatic carbocycles. The van der Waals surface area contributed by atoms with Gasteiger partial charge in [0.2, 0.25) is 11.8 Å². The Kier molecular flexibility index (Phi) is 8.48. The van der Waals surface area contributed by atoms with Gasteiger partial charge >= 0.3 is 0 Å². The third kappa shape index (κ3) is 6.17. The van der Waals surface area contributed by atoms with Crippen LogP contribution >= 0.6 is 11.6 Å². The average molecular weight is 518 g/mol. The molecule has 0 aromatic heterocycles. The van der Waals surface area contributed by atoms with Gasteiger partial charge in [-0.2, -0.15) is 0 Å². The van der Waals surface area contributed by atoms with E-state index in [-0.39, 0.29) is 22.2 Å². The van der Waals surface area contributed by atoms with Gasteiger partial charge in [0.05, 0.1) is 15.6 Å². The molecule has 3 aromatic rings. The van der Waals surface area contributed by atoms with Crippen LogP contribution in [0, 0.1) is 5.82 Å². The first-order valence-corrected chi connectivity index (χ1v) is 12.5. The van der Waals surface area contributed by atoms with Crippen molar-refractivity contribution in [3.05, 3.63) is 95.3 Å². The number of carbonyl (C=O) groups is 2. The van der Waals surface area contributed by atoms with Gasteiger partial charge in [-0.1, -0.05) is 54.1 Å². The van der Waals surface area contributed by atoms with Crippen molar-refractivity contribution in [3.63, 3.8) is 0 Å². The van der Waals surface area contributed by atoms with E-state index < -0.39 is 40.2 Å². The van der Waals surface area contributed by atoms with Gasteiger partial charge in [0.1, 0.15) is 18.4 Å². The average Bonchev–Trinajstić information content (AvgIpc) is 2.86. The maximum Gasteiger partial charge on any atom is 0.264 e. The highest BCUT2D eigenvalue weighted by atomic mass is 35.5. The van der Waals surface area contributed by atoms with Gasteiger partial charge < -0.3 is 10.2 Å². The lowest BCUT2D eigenvalue weighted by Gasteiger charge is -2.32. The molecule has 0 saturated carbocycles. The minimum absolute atomic E-state index is 0.0165. The zero-order valence-corrected chi connectivity index (χ0v) is 20.8. The molecule has 0 bridgehead atoms. The first-order chi connectivity index (χ1) is 16.6. The summed E-state index contributed by atoms with van der Waals surface area (Å²) in [7, 11) is -2.74. The SMILES string of the molecule is CNC(=O)C(C)N(Cc1ccc(F)cc1)C(=O)CN(c1ccccc1Cl)S(=O)(=O)c1ccccc1. The van der Waals surface area contributed by atoms with E-state index in [2.05, 4.69) is 5.32 Å². The van der Waals surface area contributed by atoms with Crippen LogP contribution in [-0.2, 0) is 26.2 Å². The molecular formula is C25H25ClFN3O4S. The van der Waals surface area contributed by atoms with Crippen LogP contribution in [0.1, 0.15) is 12.5 Å². The topological polar surface area (TPSA) is 86.8 Å². The second-order valence-electron chi connectivity index (χ2n) is 7.71. The van der Waals surface area contributed by atoms with Crippen molar-refractivity contribution in [1.82, 2.24) is 10.2 Å². The van der Waals surface area contributed by atoms with Crippen molar-refractivity contribution in [3.8, 4) is 0 Å². The number of nitrogens with one attached hydrogen (secondary N) is 1. The summed E-state index contributed by atoms with van der Waals surface area (Å²) in [5.41, 5.74) is 0.700. The zero-order valence-electron chi connectivity index (χ0n) is 19.2. The first kappa shape index (κ1) is 26.2. The molecule has 0 heterocycles. The fraction of sp³-hybridized carbons (Fsp3) is 0.200. The van der Waals surface area contributed by atoms with Crippen molar-refractivity contribution >= 4 is 39.1 Å². The monoisotopic (exact) mass is 517 g/mol. The summed E-state index contributed by atoms with van der Waals surface area (Å²) >= 11 is 6.32. The smallest absolute Gasteiger partial charge is 0.264 e. The number of rotatable bonds is 9. The Morgan fingerprint density at radius 3 is 2.17 bits per heavy atom. The highest BCUT2D eigenvalue weighted by molar-refractivity contribution is 7.92. The van der Waals surface area contributed by atoms with Crippen LogP contribution in [0.15, 0.2) is 83.8 Å². The number of hydrogen-bond acceptors (Lipinski definition) is 4. The second kappa shape index (κ2) is 11.3. The molecule has 0 radical (unpaired) electrons. The molecule has 1 N–H and O–H groups in total. The summed E-state index contributed by atoms with van der Waals surface area (Å²) in [6.45, 7) is 0.894. The van der Waals surface area contributed by atoms with Gasteiger partial charge in [-0.05, 0) is 48.9 Å². The van der Waals surface area contributed by atoms with E-state index >= 15 is 0 Å². The van der Waals surface area contributed by atoms with Crippen LogP contribution < -0.4 is 9.62 Å². The molecule has 1 atom stereocenters. The van der Waals surface area contributed by atoms with Crippen LogP contribution in [0.5, 0.6) is 0 Å². The molecule has 184 valence electrons. The van der Waals surface area contributed by atoms with Crippen LogP contribution in [0.4, 0.5) is 10.1 Å². The van der Waals surface area contributed by atoms with Crippen molar-refractivity contribution in [2.45, 2.75) is 24.4 Å². The van der Waals surface area contributed by atoms with E-state index in [1.54, 1.807) is 30.3 Å². The van der Waals surface area contributed by atoms with Gasteiger partial charge in [-0.25, -0.2) is 12.8 Å². The molecule has 35 heavy (non-hydrogen) atoms. The number of benzene rings is 3. The summed E-state index contributed by atoms with van der Waals surface area (Å²) < 4.78 is 41.5. The Labute approximate surface area is 209 Å². The molecule has 3 aromatic carbocycles. The van der Waals surface area contributed by atoms with Gasteiger partial charge in [-0.15, -0.1) is 0 Å². The lowest BCUT2D eigenvalue weighted by atomic mass is 10.1. The van der Waals surface area contributed by atoms with Crippen LogP contribution in [0.3, 0.4) is 0 Å². The lowest BCUT2D eigenvalue weighted by molar-refractivity contribution is -0.139. The van der Waals surface area contributed by atoms with Crippen molar-refractivity contribution in [1.29, 1.82) is 0 Å². The van der Waals surface area contributed by atoms with E-state index in [1.807, 2.05) is 0 Å². The highest BCUT2D eigenvalue weighted by Crippen LogP contribution is 2.30. The van der Waals surface area contributed by atoms with E-state index in [0.29, 0.717) is 5.56 Å². The molecule has 0 spiro atoms. The van der Waals surface area contributed by atoms with Gasteiger partial charge in [0, 0.05) is 13.6 Å². The Balaban J connectivity index is 2.03. The van der Waals surface area contributed by atoms with Gasteiger partial charge in [-0.3, -0.25) is 13.9 Å². The third-order valence-corrected chi connectivity index (χ3v) is 7.50. The largest absolute Gasteiger partial charge is 0.357 e. The molecule has 0 saturated heterocycles. The van der Waals surface area contributed by atoms with E-state index in [9.17, 15) is 22.4 Å². The molecule has 7 nitrogen and oxygen atoms in total. The molecule has 10 heteroatoms. The molecule has 3 rings (SSSR count). The van der Waals surface area contributed by atoms with Crippen LogP contribution in [0.2, 0.25) is 5.02 Å². The maximum atomic E-state index is 13.6. The number of para-hydroxylation sites is 1. The van der Waals surface area contributed by atoms with Gasteiger partial charge in [0.15, 0.2) is 0 Å². The molecule has 0 aliphatic rings. The van der Waals surface area contributed by atoms with E-state index in [0.717, 1.165) is 4.31 Å². The van der Waals surface area contributed by atoms with Gasteiger partial charge in [0.25, 0.3) is 10.0 Å². The Bertz CT molecular complexity index is 1290. The molecular weight excluding hydrogens is 493 g/mol. The molecule has 2 amide bonds. The van der Waals surface area contributed by atoms with E-state index in [4.69, 9.17) is 11.6 Å².